The third-order valence-electron chi connectivity index (χ3n) is 5.86. The van der Waals surface area contributed by atoms with Crippen LogP contribution in [0.5, 0.6) is 5.75 Å². The van der Waals surface area contributed by atoms with Gasteiger partial charge >= 0.3 is 0 Å². The van der Waals surface area contributed by atoms with Crippen molar-refractivity contribution in [3.8, 4) is 5.75 Å². The first-order valence-corrected chi connectivity index (χ1v) is 10.8. The number of hydrogen-bond acceptors (Lipinski definition) is 6. The van der Waals surface area contributed by atoms with Gasteiger partial charge in [0.05, 0.1) is 18.2 Å². The zero-order valence-corrected chi connectivity index (χ0v) is 19.2. The molecule has 1 amide bonds. The minimum atomic E-state index is -0.265. The predicted octanol–water partition coefficient (Wildman–Crippen LogP) is 2.50. The van der Waals surface area contributed by atoms with Gasteiger partial charge in [0.2, 0.25) is 0 Å². The smallest absolute Gasteiger partial charge is 0.258 e. The van der Waals surface area contributed by atoms with Crippen LogP contribution in [-0.4, -0.2) is 78.8 Å². The van der Waals surface area contributed by atoms with E-state index >= 15 is 0 Å². The summed E-state index contributed by atoms with van der Waals surface area (Å²) in [5.74, 6) is 0.592. The van der Waals surface area contributed by atoms with Gasteiger partial charge in [0.25, 0.3) is 5.91 Å². The molecule has 31 heavy (non-hydrogen) atoms. The normalized spacial score (nSPS) is 20.0. The van der Waals surface area contributed by atoms with Crippen LogP contribution in [-0.2, 0) is 6.54 Å². The molecule has 168 valence electrons. The highest BCUT2D eigenvalue weighted by atomic mass is 16.5. The summed E-state index contributed by atoms with van der Waals surface area (Å²) in [6.45, 7) is 5.95. The topological polar surface area (TPSA) is 69.1 Å². The maximum absolute atomic E-state index is 13.4. The number of carbonyl (C=O) groups is 1. The molecule has 1 aromatic carbocycles. The molecule has 0 aliphatic carbocycles. The Morgan fingerprint density at radius 2 is 1.94 bits per heavy atom. The minimum absolute atomic E-state index is 0.0748. The van der Waals surface area contributed by atoms with Gasteiger partial charge in [-0.25, -0.2) is 0 Å². The summed E-state index contributed by atoms with van der Waals surface area (Å²) in [6.07, 6.45) is 3.50. The molecule has 3 atom stereocenters. The van der Waals surface area contributed by atoms with Crippen LogP contribution in [0.15, 0.2) is 42.7 Å². The van der Waals surface area contributed by atoms with E-state index in [0.29, 0.717) is 24.4 Å². The molecule has 0 bridgehead atoms. The predicted molar refractivity (Wildman–Crippen MR) is 123 cm³/mol. The van der Waals surface area contributed by atoms with Crippen molar-refractivity contribution in [2.24, 2.45) is 5.92 Å². The maximum Gasteiger partial charge on any atom is 0.258 e. The highest BCUT2D eigenvalue weighted by molar-refractivity contribution is 5.98. The zero-order valence-electron chi connectivity index (χ0n) is 19.2. The molecule has 0 unspecified atom stereocenters. The molecule has 1 aromatic heterocycles. The van der Waals surface area contributed by atoms with Gasteiger partial charge < -0.3 is 19.6 Å². The fraction of sp³-hybridized carbons (Fsp3) is 0.500. The second-order valence-electron chi connectivity index (χ2n) is 8.75. The quantitative estimate of drug-likeness (QED) is 0.734. The average Bonchev–Trinajstić information content (AvgIpc) is 2.75. The highest BCUT2D eigenvalue weighted by Gasteiger charge is 2.33. The largest absolute Gasteiger partial charge is 0.488 e. The molecule has 0 saturated carbocycles. The summed E-state index contributed by atoms with van der Waals surface area (Å²) < 4.78 is 6.44. The lowest BCUT2D eigenvalue weighted by molar-refractivity contribution is 0.0341. The monoisotopic (exact) mass is 426 g/mol. The van der Waals surface area contributed by atoms with Crippen LogP contribution in [0.3, 0.4) is 0 Å². The van der Waals surface area contributed by atoms with Crippen molar-refractivity contribution in [1.82, 2.24) is 14.8 Å². The van der Waals surface area contributed by atoms with Crippen molar-refractivity contribution < 1.29 is 14.6 Å². The van der Waals surface area contributed by atoms with E-state index in [2.05, 4.69) is 23.9 Å². The molecule has 1 aliphatic heterocycles. The van der Waals surface area contributed by atoms with E-state index in [1.54, 1.807) is 17.3 Å². The Bertz CT molecular complexity index is 874. The summed E-state index contributed by atoms with van der Waals surface area (Å²) >= 11 is 0. The number of rotatable bonds is 7. The van der Waals surface area contributed by atoms with E-state index in [4.69, 9.17) is 4.74 Å². The van der Waals surface area contributed by atoms with Crippen LogP contribution in [0.4, 0.5) is 5.69 Å². The van der Waals surface area contributed by atoms with Gasteiger partial charge in [-0.2, -0.15) is 0 Å². The van der Waals surface area contributed by atoms with Gasteiger partial charge in [-0.05, 0) is 49.9 Å². The summed E-state index contributed by atoms with van der Waals surface area (Å²) in [7, 11) is 5.97. The van der Waals surface area contributed by atoms with Crippen molar-refractivity contribution in [3.63, 3.8) is 0 Å². The molecule has 1 N–H and O–H groups in total. The number of likely N-dealkylation sites (N-methyl/N-ethyl adjacent to an activating group) is 1. The van der Waals surface area contributed by atoms with E-state index in [0.717, 1.165) is 12.2 Å². The molecule has 1 aliphatic rings. The molecule has 2 aromatic rings. The highest BCUT2D eigenvalue weighted by Crippen LogP contribution is 2.31. The van der Waals surface area contributed by atoms with Crippen LogP contribution in [0.25, 0.3) is 0 Å². The third-order valence-corrected chi connectivity index (χ3v) is 5.86. The van der Waals surface area contributed by atoms with Crippen LogP contribution < -0.4 is 9.64 Å². The molecular weight excluding hydrogens is 392 g/mol. The Hall–Kier alpha value is -2.64. The van der Waals surface area contributed by atoms with E-state index in [1.807, 2.05) is 56.3 Å². The third kappa shape index (κ3) is 5.54. The van der Waals surface area contributed by atoms with E-state index in [1.165, 1.54) is 5.56 Å². The molecular formula is C24H34N4O3. The molecule has 7 heteroatoms. The van der Waals surface area contributed by atoms with E-state index in [-0.39, 0.29) is 30.6 Å². The number of anilines is 1. The standard InChI is InChI=1S/C24H34N4O3/c1-17-13-28(18(2)16-29)24(30)21-12-20(26(3)4)6-7-22(21)31-23(17)15-27(5)14-19-8-10-25-11-9-19/h6-12,17-18,23,29H,13-16H2,1-5H3/t17-,18-,23+/m1/s1. The summed E-state index contributed by atoms with van der Waals surface area (Å²) in [5, 5.41) is 9.77. The first-order chi connectivity index (χ1) is 14.8. The number of aliphatic hydroxyl groups excluding tert-OH is 1. The van der Waals surface area contributed by atoms with Gasteiger partial charge in [0, 0.05) is 57.7 Å². The van der Waals surface area contributed by atoms with Gasteiger partial charge in [-0.3, -0.25) is 14.7 Å². The van der Waals surface area contributed by atoms with Crippen LogP contribution >= 0.6 is 0 Å². The Balaban J connectivity index is 1.89. The minimum Gasteiger partial charge on any atom is -0.488 e. The van der Waals surface area contributed by atoms with Gasteiger partial charge in [-0.1, -0.05) is 6.92 Å². The first kappa shape index (κ1) is 23.0. The molecule has 7 nitrogen and oxygen atoms in total. The molecule has 0 spiro atoms. The number of hydrogen-bond donors (Lipinski definition) is 1. The maximum atomic E-state index is 13.4. The van der Waals surface area contributed by atoms with E-state index in [9.17, 15) is 9.90 Å². The number of pyridine rings is 1. The Kier molecular flexibility index (Phi) is 7.51. The van der Waals surface area contributed by atoms with Gasteiger partial charge in [0.1, 0.15) is 11.9 Å². The zero-order chi connectivity index (χ0) is 22.5. The average molecular weight is 427 g/mol. The lowest BCUT2D eigenvalue weighted by Gasteiger charge is -2.38. The van der Waals surface area contributed by atoms with Gasteiger partial charge in [0.15, 0.2) is 0 Å². The Morgan fingerprint density at radius 1 is 1.23 bits per heavy atom. The molecule has 0 fully saturated rings. The molecule has 2 heterocycles. The van der Waals surface area contributed by atoms with Crippen molar-refractivity contribution in [1.29, 1.82) is 0 Å². The number of aliphatic hydroxyl groups is 1. The number of fused-ring (bicyclic) bond motifs is 1. The Labute approximate surface area is 185 Å². The van der Waals surface area contributed by atoms with Crippen molar-refractivity contribution in [2.45, 2.75) is 32.5 Å². The molecule has 0 saturated heterocycles. The number of amides is 1. The fourth-order valence-corrected chi connectivity index (χ4v) is 3.88. The number of aromatic nitrogens is 1. The van der Waals surface area contributed by atoms with Crippen molar-refractivity contribution in [2.75, 3.05) is 45.7 Å². The van der Waals surface area contributed by atoms with Gasteiger partial charge in [-0.15, -0.1) is 0 Å². The Morgan fingerprint density at radius 3 is 2.58 bits per heavy atom. The second-order valence-corrected chi connectivity index (χ2v) is 8.75. The van der Waals surface area contributed by atoms with Crippen molar-refractivity contribution >= 4 is 11.6 Å². The number of carbonyl (C=O) groups excluding carboxylic acids is 1. The molecule has 0 radical (unpaired) electrons. The van der Waals surface area contributed by atoms with Crippen molar-refractivity contribution in [3.05, 3.63) is 53.9 Å². The van der Waals surface area contributed by atoms with E-state index < -0.39 is 0 Å². The van der Waals surface area contributed by atoms with Crippen LogP contribution in [0.1, 0.15) is 29.8 Å². The number of ether oxygens (including phenoxy) is 1. The molecule has 3 rings (SSSR count). The second kappa shape index (κ2) is 10.1. The summed E-state index contributed by atoms with van der Waals surface area (Å²) in [6, 6.07) is 9.50. The fourth-order valence-electron chi connectivity index (χ4n) is 3.88. The first-order valence-electron chi connectivity index (χ1n) is 10.8. The lowest BCUT2D eigenvalue weighted by atomic mass is 9.99. The lowest BCUT2D eigenvalue weighted by Crippen LogP contribution is -2.49. The van der Waals surface area contributed by atoms with Crippen LogP contribution in [0.2, 0.25) is 0 Å². The number of nitrogens with zero attached hydrogens (tertiary/aromatic N) is 4. The SMILES string of the molecule is C[C@@H]1CN([C@H](C)CO)C(=O)c2cc(N(C)C)ccc2O[C@H]1CN(C)Cc1ccncc1. The summed E-state index contributed by atoms with van der Waals surface area (Å²) in [5.41, 5.74) is 2.67. The number of benzene rings is 1. The summed E-state index contributed by atoms with van der Waals surface area (Å²) in [4.78, 5) is 23.4. The van der Waals surface area contributed by atoms with Crippen LogP contribution in [0, 0.1) is 5.92 Å².